The summed E-state index contributed by atoms with van der Waals surface area (Å²) in [6.45, 7) is 11.9. The van der Waals surface area contributed by atoms with E-state index in [-0.39, 0.29) is 18.7 Å². The third-order valence-electron chi connectivity index (χ3n) is 7.37. The molecule has 0 aliphatic carbocycles. The monoisotopic (exact) mass is 620 g/mol. The number of likely N-dealkylation sites (tertiary alicyclic amines) is 1. The molecule has 0 spiro atoms. The van der Waals surface area contributed by atoms with Gasteiger partial charge in [0.05, 0.1) is 29.0 Å². The number of amides is 3. The zero-order valence-electron chi connectivity index (χ0n) is 26.1. The van der Waals surface area contributed by atoms with E-state index in [0.29, 0.717) is 32.0 Å². The predicted molar refractivity (Wildman–Crippen MR) is 161 cm³/mol. The minimum atomic E-state index is -4.74. The van der Waals surface area contributed by atoms with Crippen LogP contribution in [-0.4, -0.2) is 64.8 Å². The summed E-state index contributed by atoms with van der Waals surface area (Å²) < 4.78 is 45.7. The van der Waals surface area contributed by atoms with Gasteiger partial charge in [0.2, 0.25) is 5.91 Å². The topological polar surface area (TPSA) is 120 Å². The molecule has 1 fully saturated rings. The van der Waals surface area contributed by atoms with E-state index in [9.17, 15) is 32.7 Å². The molecule has 3 amide bonds. The Balaban J connectivity index is 1.77. The summed E-state index contributed by atoms with van der Waals surface area (Å²) in [5, 5.41) is 19.2. The number of nitrogens with zero attached hydrogens (tertiary/aromatic N) is 1. The van der Waals surface area contributed by atoms with Gasteiger partial charge in [-0.25, -0.2) is 4.79 Å². The van der Waals surface area contributed by atoms with Crippen LogP contribution in [0.15, 0.2) is 36.4 Å². The van der Waals surface area contributed by atoms with Crippen molar-refractivity contribution in [2.24, 2.45) is 0 Å². The van der Waals surface area contributed by atoms with Crippen LogP contribution in [0.1, 0.15) is 79.6 Å². The summed E-state index contributed by atoms with van der Waals surface area (Å²) >= 11 is 0. The number of carbonyl (C=O) groups is 3. The minimum Gasteiger partial charge on any atom is -0.444 e. The van der Waals surface area contributed by atoms with Crippen LogP contribution in [0.2, 0.25) is 0 Å². The number of carbonyl (C=O) groups excluding carboxylic acids is 3. The van der Waals surface area contributed by atoms with Crippen molar-refractivity contribution in [3.63, 3.8) is 0 Å². The van der Waals surface area contributed by atoms with Crippen molar-refractivity contribution < 1.29 is 37.4 Å². The number of alkyl halides is 3. The van der Waals surface area contributed by atoms with Gasteiger partial charge in [0.1, 0.15) is 11.6 Å². The quantitative estimate of drug-likeness (QED) is 0.270. The van der Waals surface area contributed by atoms with Gasteiger partial charge in [-0.1, -0.05) is 37.1 Å². The van der Waals surface area contributed by atoms with Gasteiger partial charge in [-0.15, -0.1) is 0 Å². The molecular weight excluding hydrogens is 577 g/mol. The summed E-state index contributed by atoms with van der Waals surface area (Å²) in [6, 6.07) is 6.88. The normalized spacial score (nSPS) is 16.9. The fourth-order valence-electron chi connectivity index (χ4n) is 5.17. The fourth-order valence-corrected chi connectivity index (χ4v) is 5.17. The number of ether oxygens (including phenoxy) is 1. The molecular formula is C32H43F3N4O5. The molecule has 9 nitrogen and oxygen atoms in total. The van der Waals surface area contributed by atoms with Crippen molar-refractivity contribution in [2.45, 2.75) is 97.3 Å². The first kappa shape index (κ1) is 34.8. The van der Waals surface area contributed by atoms with Gasteiger partial charge < -0.3 is 25.4 Å². The molecule has 1 aliphatic heterocycles. The Morgan fingerprint density at radius 3 is 2.43 bits per heavy atom. The standard InChI is InChI=1S/C32H43F3N4O5/c1-7-8-27(40)26(18-36-17-21-10-9-19(2)15-20(21)3)39-14-13-25(29(39)42)37-28(41)23-16-22(32(33,34)35)11-12-24(23)38-30(43)44-31(4,5)6/h9-12,15-16,25-27,36,40H,7-8,13-14,17-18H2,1-6H3,(H,37,41)(H,38,43)/t25-,26+,27+/m1/s1. The second-order valence-corrected chi connectivity index (χ2v) is 12.2. The van der Waals surface area contributed by atoms with Gasteiger partial charge in [-0.05, 0) is 76.8 Å². The van der Waals surface area contributed by atoms with Gasteiger partial charge in [-0.2, -0.15) is 13.2 Å². The molecule has 2 aromatic rings. The van der Waals surface area contributed by atoms with Crippen LogP contribution < -0.4 is 16.0 Å². The van der Waals surface area contributed by atoms with E-state index in [1.807, 2.05) is 32.9 Å². The molecule has 1 heterocycles. The van der Waals surface area contributed by atoms with Gasteiger partial charge >= 0.3 is 12.3 Å². The molecule has 2 aromatic carbocycles. The highest BCUT2D eigenvalue weighted by Gasteiger charge is 2.40. The van der Waals surface area contributed by atoms with Crippen LogP contribution in [0.25, 0.3) is 0 Å². The van der Waals surface area contributed by atoms with Crippen LogP contribution >= 0.6 is 0 Å². The number of hydrogen-bond donors (Lipinski definition) is 4. The number of hydrogen-bond acceptors (Lipinski definition) is 6. The van der Waals surface area contributed by atoms with Gasteiger partial charge in [-0.3, -0.25) is 14.9 Å². The van der Waals surface area contributed by atoms with E-state index >= 15 is 0 Å². The Morgan fingerprint density at radius 2 is 1.82 bits per heavy atom. The lowest BCUT2D eigenvalue weighted by Gasteiger charge is -2.32. The van der Waals surface area contributed by atoms with Crippen molar-refractivity contribution in [1.82, 2.24) is 15.5 Å². The zero-order chi connectivity index (χ0) is 32.8. The zero-order valence-corrected chi connectivity index (χ0v) is 26.1. The SMILES string of the molecule is CCC[C@H](O)[C@H](CNCc1ccc(C)cc1C)N1CC[C@@H](NC(=O)c2cc(C(F)(F)F)ccc2NC(=O)OC(C)(C)C)C1=O. The third kappa shape index (κ3) is 9.43. The number of rotatable bonds is 11. The van der Waals surface area contributed by atoms with Crippen LogP contribution in [0.3, 0.4) is 0 Å². The van der Waals surface area contributed by atoms with E-state index in [1.54, 1.807) is 20.8 Å². The highest BCUT2D eigenvalue weighted by Crippen LogP contribution is 2.32. The van der Waals surface area contributed by atoms with Crippen LogP contribution in [0.5, 0.6) is 0 Å². The highest BCUT2D eigenvalue weighted by molar-refractivity contribution is 6.04. The van der Waals surface area contributed by atoms with Crippen molar-refractivity contribution in [3.8, 4) is 0 Å². The first-order valence-corrected chi connectivity index (χ1v) is 14.8. The largest absolute Gasteiger partial charge is 0.444 e. The molecule has 3 rings (SSSR count). The summed E-state index contributed by atoms with van der Waals surface area (Å²) in [6.07, 6.45) is -5.16. The molecule has 242 valence electrons. The van der Waals surface area contributed by atoms with Gasteiger partial charge in [0.25, 0.3) is 5.91 Å². The molecule has 0 bridgehead atoms. The Bertz CT molecular complexity index is 1340. The molecule has 4 N–H and O–H groups in total. The third-order valence-corrected chi connectivity index (χ3v) is 7.37. The first-order chi connectivity index (χ1) is 20.5. The average molecular weight is 621 g/mol. The minimum absolute atomic E-state index is 0.195. The molecule has 0 aromatic heterocycles. The maximum absolute atomic E-state index is 13.5. The van der Waals surface area contributed by atoms with E-state index in [2.05, 4.69) is 22.0 Å². The van der Waals surface area contributed by atoms with Crippen LogP contribution in [0, 0.1) is 13.8 Å². The van der Waals surface area contributed by atoms with E-state index in [0.717, 1.165) is 28.8 Å². The van der Waals surface area contributed by atoms with Crippen molar-refractivity contribution in [1.29, 1.82) is 0 Å². The Kier molecular flexibility index (Phi) is 11.4. The average Bonchev–Trinajstić information content (AvgIpc) is 3.25. The number of aliphatic hydroxyl groups excluding tert-OH is 1. The summed E-state index contributed by atoms with van der Waals surface area (Å²) in [5.41, 5.74) is 0.733. The summed E-state index contributed by atoms with van der Waals surface area (Å²) in [5.74, 6) is -1.40. The van der Waals surface area contributed by atoms with Crippen LogP contribution in [0.4, 0.5) is 23.7 Å². The van der Waals surface area contributed by atoms with E-state index in [1.165, 1.54) is 4.90 Å². The van der Waals surface area contributed by atoms with Crippen molar-refractivity contribution in [3.05, 3.63) is 64.2 Å². The number of aliphatic hydroxyl groups is 1. The molecule has 3 atom stereocenters. The maximum atomic E-state index is 13.5. The number of halogens is 3. The molecule has 1 saturated heterocycles. The molecule has 1 aliphatic rings. The smallest absolute Gasteiger partial charge is 0.416 e. The van der Waals surface area contributed by atoms with Gasteiger partial charge in [0, 0.05) is 19.6 Å². The van der Waals surface area contributed by atoms with E-state index < -0.39 is 59.0 Å². The fraction of sp³-hybridized carbons (Fsp3) is 0.531. The Labute approximate surface area is 256 Å². The Morgan fingerprint density at radius 1 is 1.11 bits per heavy atom. The first-order valence-electron chi connectivity index (χ1n) is 14.8. The maximum Gasteiger partial charge on any atom is 0.416 e. The molecule has 0 unspecified atom stereocenters. The van der Waals surface area contributed by atoms with E-state index in [4.69, 9.17) is 4.74 Å². The lowest BCUT2D eigenvalue weighted by Crippen LogP contribution is -2.52. The number of nitrogens with one attached hydrogen (secondary N) is 3. The van der Waals surface area contributed by atoms with Crippen molar-refractivity contribution >= 4 is 23.6 Å². The number of benzene rings is 2. The second kappa shape index (κ2) is 14.4. The van der Waals surface area contributed by atoms with Gasteiger partial charge in [0.15, 0.2) is 0 Å². The number of anilines is 1. The second-order valence-electron chi connectivity index (χ2n) is 12.2. The summed E-state index contributed by atoms with van der Waals surface area (Å²) in [4.78, 5) is 40.7. The molecule has 12 heteroatoms. The Hall–Kier alpha value is -3.64. The number of aryl methyl sites for hydroxylation is 2. The summed E-state index contributed by atoms with van der Waals surface area (Å²) in [7, 11) is 0. The van der Waals surface area contributed by atoms with Crippen LogP contribution in [-0.2, 0) is 22.3 Å². The molecule has 44 heavy (non-hydrogen) atoms. The lowest BCUT2D eigenvalue weighted by molar-refractivity contribution is -0.137. The molecule has 0 saturated carbocycles. The molecule has 0 radical (unpaired) electrons. The van der Waals surface area contributed by atoms with Crippen molar-refractivity contribution in [2.75, 3.05) is 18.4 Å². The lowest BCUT2D eigenvalue weighted by atomic mass is 10.0. The highest BCUT2D eigenvalue weighted by atomic mass is 19.4. The predicted octanol–water partition coefficient (Wildman–Crippen LogP) is 5.32.